The topological polar surface area (TPSA) is 0 Å². The van der Waals surface area contributed by atoms with Crippen LogP contribution >= 0.6 is 12.6 Å². The largest absolute Gasteiger partial charge is 0.0902 e. The van der Waals surface area contributed by atoms with Gasteiger partial charge >= 0.3 is 0 Å². The molecule has 1 radical (unpaired) electrons. The molecular formula is C8H17S. The van der Waals surface area contributed by atoms with Gasteiger partial charge in [-0.15, -0.1) is 0 Å². The molecule has 0 bridgehead atoms. The maximum absolute atomic E-state index is 5.24. The molecule has 0 spiro atoms. The van der Waals surface area contributed by atoms with E-state index in [9.17, 15) is 0 Å². The van der Waals surface area contributed by atoms with Gasteiger partial charge in [-0.2, -0.15) is 0 Å². The van der Waals surface area contributed by atoms with Crippen LogP contribution < -0.4 is 0 Å². The molecule has 0 amide bonds. The first-order chi connectivity index (χ1) is 4.04. The number of hydrogen-bond acceptors (Lipinski definition) is 0. The van der Waals surface area contributed by atoms with Crippen molar-refractivity contribution in [2.24, 2.45) is 11.8 Å². The highest BCUT2D eigenvalue weighted by Crippen LogP contribution is 2.17. The van der Waals surface area contributed by atoms with E-state index in [-0.39, 0.29) is 0 Å². The lowest BCUT2D eigenvalue weighted by Crippen LogP contribution is -2.10. The molecule has 0 aliphatic rings. The van der Waals surface area contributed by atoms with E-state index in [2.05, 4.69) is 27.7 Å². The summed E-state index contributed by atoms with van der Waals surface area (Å²) in [7, 11) is 0. The summed E-state index contributed by atoms with van der Waals surface area (Å²) in [5.41, 5.74) is 0. The van der Waals surface area contributed by atoms with Crippen molar-refractivity contribution in [1.82, 2.24) is 0 Å². The van der Waals surface area contributed by atoms with Crippen LogP contribution in [0.4, 0.5) is 0 Å². The van der Waals surface area contributed by atoms with E-state index in [1.54, 1.807) is 0 Å². The van der Waals surface area contributed by atoms with E-state index >= 15 is 0 Å². The van der Waals surface area contributed by atoms with Gasteiger partial charge in [-0.3, -0.25) is 0 Å². The van der Waals surface area contributed by atoms with Gasteiger partial charge in [-0.25, -0.2) is 0 Å². The minimum absolute atomic E-state index is 0.477. The minimum Gasteiger partial charge on any atom is -0.0902 e. The monoisotopic (exact) mass is 145 g/mol. The Hall–Kier alpha value is 0.350. The molecule has 0 aromatic rings. The Balaban J connectivity index is 3.38. The van der Waals surface area contributed by atoms with E-state index in [0.29, 0.717) is 11.2 Å². The molecule has 0 heterocycles. The molecule has 0 nitrogen and oxygen atoms in total. The summed E-state index contributed by atoms with van der Waals surface area (Å²) in [6.07, 6.45) is 1.19. The smallest absolute Gasteiger partial charge is 0.0177 e. The van der Waals surface area contributed by atoms with Gasteiger partial charge < -0.3 is 0 Å². The van der Waals surface area contributed by atoms with Gasteiger partial charge in [-0.1, -0.05) is 40.3 Å². The molecule has 1 atom stereocenters. The molecule has 55 valence electrons. The van der Waals surface area contributed by atoms with Crippen molar-refractivity contribution in [2.45, 2.75) is 39.4 Å². The Morgan fingerprint density at radius 3 is 1.67 bits per heavy atom. The van der Waals surface area contributed by atoms with Crippen molar-refractivity contribution >= 4 is 12.6 Å². The van der Waals surface area contributed by atoms with Crippen molar-refractivity contribution in [1.29, 1.82) is 0 Å². The predicted molar refractivity (Wildman–Crippen MR) is 45.7 cm³/mol. The molecule has 0 fully saturated rings. The van der Waals surface area contributed by atoms with Crippen LogP contribution in [0.5, 0.6) is 0 Å². The molecule has 0 rings (SSSR count). The third kappa shape index (κ3) is 4.83. The van der Waals surface area contributed by atoms with Gasteiger partial charge in [0.1, 0.15) is 0 Å². The predicted octanol–water partition coefficient (Wildman–Crippen LogP) is 3.25. The summed E-state index contributed by atoms with van der Waals surface area (Å²) in [6.45, 7) is 8.84. The lowest BCUT2D eigenvalue weighted by Gasteiger charge is -2.15. The SMILES string of the molecule is CC(C)CC([S])C(C)C. The van der Waals surface area contributed by atoms with Gasteiger partial charge in [0.25, 0.3) is 0 Å². The van der Waals surface area contributed by atoms with Gasteiger partial charge in [-0.05, 0) is 18.3 Å². The van der Waals surface area contributed by atoms with Crippen LogP contribution in [0.2, 0.25) is 0 Å². The molecule has 0 saturated heterocycles. The maximum Gasteiger partial charge on any atom is 0.0177 e. The van der Waals surface area contributed by atoms with Crippen LogP contribution in [-0.2, 0) is 0 Å². The fourth-order valence-electron chi connectivity index (χ4n) is 0.737. The van der Waals surface area contributed by atoms with E-state index in [1.165, 1.54) is 6.42 Å². The molecule has 0 aromatic heterocycles. The standard InChI is InChI=1S/C8H17S/c1-6(2)5-8(9)7(3)4/h6-8H,5H2,1-4H3. The van der Waals surface area contributed by atoms with Crippen LogP contribution in [0.1, 0.15) is 34.1 Å². The molecule has 0 aromatic carbocycles. The van der Waals surface area contributed by atoms with Gasteiger partial charge in [0.15, 0.2) is 0 Å². The summed E-state index contributed by atoms with van der Waals surface area (Å²) in [5, 5.41) is 0.477. The summed E-state index contributed by atoms with van der Waals surface area (Å²) in [5.74, 6) is 1.43. The third-order valence-corrected chi connectivity index (χ3v) is 2.18. The summed E-state index contributed by atoms with van der Waals surface area (Å²) < 4.78 is 0. The molecule has 1 heteroatoms. The van der Waals surface area contributed by atoms with Crippen molar-refractivity contribution in [3.8, 4) is 0 Å². The zero-order valence-corrected chi connectivity index (χ0v) is 7.66. The minimum atomic E-state index is 0.477. The molecular weight excluding hydrogens is 128 g/mol. The molecule has 0 N–H and O–H groups in total. The number of hydrogen-bond donors (Lipinski definition) is 0. The van der Waals surface area contributed by atoms with E-state index < -0.39 is 0 Å². The maximum atomic E-state index is 5.24. The van der Waals surface area contributed by atoms with Crippen LogP contribution in [0.3, 0.4) is 0 Å². The van der Waals surface area contributed by atoms with E-state index in [4.69, 9.17) is 12.6 Å². The van der Waals surface area contributed by atoms with Gasteiger partial charge in [0.2, 0.25) is 0 Å². The average Bonchev–Trinajstić information content (AvgIpc) is 1.63. The highest BCUT2D eigenvalue weighted by molar-refractivity contribution is 7.81. The van der Waals surface area contributed by atoms with E-state index in [1.807, 2.05) is 0 Å². The lowest BCUT2D eigenvalue weighted by molar-refractivity contribution is 0.492. The average molecular weight is 145 g/mol. The Morgan fingerprint density at radius 2 is 1.56 bits per heavy atom. The van der Waals surface area contributed by atoms with Crippen molar-refractivity contribution in [2.75, 3.05) is 0 Å². The summed E-state index contributed by atoms with van der Waals surface area (Å²) in [6, 6.07) is 0. The fraction of sp³-hybridized carbons (Fsp3) is 1.00. The second-order valence-corrected chi connectivity index (χ2v) is 4.02. The first-order valence-electron chi connectivity index (χ1n) is 3.69. The van der Waals surface area contributed by atoms with Gasteiger partial charge in [0.05, 0.1) is 0 Å². The quantitative estimate of drug-likeness (QED) is 0.572. The van der Waals surface area contributed by atoms with Crippen molar-refractivity contribution in [3.63, 3.8) is 0 Å². The zero-order valence-electron chi connectivity index (χ0n) is 6.85. The molecule has 0 aliphatic heterocycles. The number of rotatable bonds is 3. The van der Waals surface area contributed by atoms with Crippen molar-refractivity contribution < 1.29 is 0 Å². The third-order valence-electron chi connectivity index (χ3n) is 1.45. The van der Waals surface area contributed by atoms with Crippen LogP contribution in [0, 0.1) is 11.8 Å². The summed E-state index contributed by atoms with van der Waals surface area (Å²) >= 11 is 5.24. The summed E-state index contributed by atoms with van der Waals surface area (Å²) in [4.78, 5) is 0. The highest BCUT2D eigenvalue weighted by atomic mass is 32.1. The second-order valence-electron chi connectivity index (χ2n) is 3.41. The molecule has 9 heavy (non-hydrogen) atoms. The zero-order chi connectivity index (χ0) is 7.44. The highest BCUT2D eigenvalue weighted by Gasteiger charge is 2.09. The van der Waals surface area contributed by atoms with Crippen LogP contribution in [-0.4, -0.2) is 5.25 Å². The first-order valence-corrected chi connectivity index (χ1v) is 4.17. The first kappa shape index (κ1) is 9.35. The fourth-order valence-corrected chi connectivity index (χ4v) is 1.12. The molecule has 0 saturated carbocycles. The van der Waals surface area contributed by atoms with Gasteiger partial charge in [0, 0.05) is 5.25 Å². The van der Waals surface area contributed by atoms with Crippen LogP contribution in [0.25, 0.3) is 0 Å². The van der Waals surface area contributed by atoms with Crippen molar-refractivity contribution in [3.05, 3.63) is 0 Å². The lowest BCUT2D eigenvalue weighted by atomic mass is 10.0. The molecule has 1 unspecified atom stereocenters. The Morgan fingerprint density at radius 1 is 1.11 bits per heavy atom. The second kappa shape index (κ2) is 4.21. The van der Waals surface area contributed by atoms with E-state index in [0.717, 1.165) is 5.92 Å². The molecule has 0 aliphatic carbocycles. The van der Waals surface area contributed by atoms with Crippen LogP contribution in [0.15, 0.2) is 0 Å². The Labute approximate surface area is 64.4 Å². The Bertz CT molecular complexity index is 67.0. The Kier molecular flexibility index (Phi) is 4.37. The normalized spacial score (nSPS) is 15.0.